The van der Waals surface area contributed by atoms with Crippen LogP contribution in [0.4, 0.5) is 5.82 Å². The molecule has 152 valence electrons. The number of aromatic amines is 1. The number of ether oxygens (including phenoxy) is 1. The van der Waals surface area contributed by atoms with Gasteiger partial charge in [0.1, 0.15) is 12.4 Å². The third-order valence-electron chi connectivity index (χ3n) is 5.25. The number of pyridine rings is 1. The van der Waals surface area contributed by atoms with Crippen LogP contribution in [0.15, 0.2) is 24.3 Å². The van der Waals surface area contributed by atoms with Crippen molar-refractivity contribution >= 4 is 34.5 Å². The highest BCUT2D eigenvalue weighted by atomic mass is 35.5. The van der Waals surface area contributed by atoms with Crippen molar-refractivity contribution < 1.29 is 9.53 Å². The van der Waals surface area contributed by atoms with E-state index in [4.69, 9.17) is 22.1 Å². The van der Waals surface area contributed by atoms with Crippen LogP contribution in [0, 0.1) is 5.92 Å². The van der Waals surface area contributed by atoms with E-state index in [1.54, 1.807) is 24.3 Å². The molecule has 0 radical (unpaired) electrons. The number of carbonyl (C=O) groups is 1. The molecule has 4 rings (SSSR count). The Labute approximate surface area is 173 Å². The average molecular weight is 415 g/mol. The van der Waals surface area contributed by atoms with Gasteiger partial charge in [-0.15, -0.1) is 5.10 Å². The van der Waals surface area contributed by atoms with Crippen LogP contribution in [0.1, 0.15) is 48.0 Å². The second-order valence-electron chi connectivity index (χ2n) is 7.35. The lowest BCUT2D eigenvalue weighted by molar-refractivity contribution is 0.0943. The van der Waals surface area contributed by atoms with Crippen LogP contribution in [0.3, 0.4) is 0 Å². The van der Waals surface area contributed by atoms with Crippen LogP contribution in [-0.2, 0) is 6.61 Å². The zero-order chi connectivity index (χ0) is 20.2. The molecule has 2 aromatic heterocycles. The largest absolute Gasteiger partial charge is 0.486 e. The summed E-state index contributed by atoms with van der Waals surface area (Å²) in [5.41, 5.74) is 7.95. The van der Waals surface area contributed by atoms with Gasteiger partial charge in [-0.25, -0.2) is 4.98 Å². The van der Waals surface area contributed by atoms with Crippen molar-refractivity contribution in [2.24, 2.45) is 5.92 Å². The predicted octanol–water partition coefficient (Wildman–Crippen LogP) is 3.48. The number of fused-ring (bicyclic) bond motifs is 1. The van der Waals surface area contributed by atoms with E-state index in [2.05, 4.69) is 25.7 Å². The number of anilines is 1. The van der Waals surface area contributed by atoms with Gasteiger partial charge in [-0.3, -0.25) is 4.79 Å². The number of aromatic nitrogens is 4. The Bertz CT molecular complexity index is 1020. The molecular weight excluding hydrogens is 392 g/mol. The second kappa shape index (κ2) is 8.65. The normalized spacial score (nSPS) is 14.8. The van der Waals surface area contributed by atoms with Crippen molar-refractivity contribution in [3.8, 4) is 5.75 Å². The summed E-state index contributed by atoms with van der Waals surface area (Å²) in [5, 5.41) is 13.9. The monoisotopic (exact) mass is 414 g/mol. The zero-order valence-electron chi connectivity index (χ0n) is 15.9. The Kier molecular flexibility index (Phi) is 5.80. The molecule has 9 heteroatoms. The molecule has 1 aromatic carbocycles. The first-order valence-electron chi connectivity index (χ1n) is 9.76. The highest BCUT2D eigenvalue weighted by Gasteiger charge is 2.16. The van der Waals surface area contributed by atoms with Crippen LogP contribution in [0.5, 0.6) is 5.75 Å². The molecule has 3 aromatic rings. The lowest BCUT2D eigenvalue weighted by Gasteiger charge is -2.21. The number of nitrogens with two attached hydrogens (primary N) is 1. The van der Waals surface area contributed by atoms with Crippen molar-refractivity contribution in [3.05, 3.63) is 40.4 Å². The summed E-state index contributed by atoms with van der Waals surface area (Å²) >= 11 is 6.39. The molecule has 1 aliphatic rings. The van der Waals surface area contributed by atoms with Gasteiger partial charge >= 0.3 is 0 Å². The standard InChI is InChI=1S/C20H23ClN6O2/c21-15-8-13(20(28)23-10-12-4-2-1-3-5-12)6-7-14(15)11-29-16-9-17(22)24-19-18(16)25-27-26-19/h6-9,12H,1-5,10-11H2,(H,23,28)(H3,22,24,25,26,27). The summed E-state index contributed by atoms with van der Waals surface area (Å²) in [7, 11) is 0. The van der Waals surface area contributed by atoms with Crippen molar-refractivity contribution in [1.82, 2.24) is 25.7 Å². The number of nitrogens with zero attached hydrogens (tertiary/aromatic N) is 3. The first-order valence-corrected chi connectivity index (χ1v) is 10.1. The number of rotatable bonds is 6. The van der Waals surface area contributed by atoms with E-state index in [0.29, 0.717) is 33.4 Å². The van der Waals surface area contributed by atoms with Gasteiger partial charge in [0.15, 0.2) is 11.3 Å². The van der Waals surface area contributed by atoms with Crippen LogP contribution in [0.2, 0.25) is 5.02 Å². The lowest BCUT2D eigenvalue weighted by atomic mass is 9.89. The summed E-state index contributed by atoms with van der Waals surface area (Å²) in [6, 6.07) is 6.81. The Morgan fingerprint density at radius 2 is 2.07 bits per heavy atom. The van der Waals surface area contributed by atoms with E-state index in [1.807, 2.05) is 0 Å². The quantitative estimate of drug-likeness (QED) is 0.568. The van der Waals surface area contributed by atoms with Crippen LogP contribution >= 0.6 is 11.6 Å². The van der Waals surface area contributed by atoms with Crippen LogP contribution in [0.25, 0.3) is 11.2 Å². The summed E-state index contributed by atoms with van der Waals surface area (Å²) in [6.07, 6.45) is 6.19. The molecule has 1 amide bonds. The van der Waals surface area contributed by atoms with Crippen molar-refractivity contribution in [1.29, 1.82) is 0 Å². The van der Waals surface area contributed by atoms with Gasteiger partial charge in [-0.2, -0.15) is 10.3 Å². The number of H-pyrrole nitrogens is 1. The van der Waals surface area contributed by atoms with E-state index >= 15 is 0 Å². The maximum atomic E-state index is 12.4. The first kappa shape index (κ1) is 19.4. The lowest BCUT2D eigenvalue weighted by Crippen LogP contribution is -2.30. The third-order valence-corrected chi connectivity index (χ3v) is 5.60. The van der Waals surface area contributed by atoms with Crippen molar-refractivity contribution in [2.75, 3.05) is 12.3 Å². The van der Waals surface area contributed by atoms with Crippen LogP contribution < -0.4 is 15.8 Å². The van der Waals surface area contributed by atoms with Gasteiger partial charge in [-0.05, 0) is 30.9 Å². The number of halogens is 1. The maximum absolute atomic E-state index is 12.4. The molecule has 1 fully saturated rings. The summed E-state index contributed by atoms with van der Waals surface area (Å²) in [4.78, 5) is 16.5. The van der Waals surface area contributed by atoms with E-state index < -0.39 is 0 Å². The van der Waals surface area contributed by atoms with E-state index in [0.717, 1.165) is 12.1 Å². The molecule has 0 saturated heterocycles. The van der Waals surface area contributed by atoms with E-state index in [9.17, 15) is 4.79 Å². The molecule has 0 aliphatic heterocycles. The number of nitrogens with one attached hydrogen (secondary N) is 2. The molecule has 0 atom stereocenters. The predicted molar refractivity (Wildman–Crippen MR) is 111 cm³/mol. The molecule has 0 unspecified atom stereocenters. The minimum Gasteiger partial charge on any atom is -0.486 e. The van der Waals surface area contributed by atoms with Gasteiger partial charge in [0.25, 0.3) is 5.91 Å². The topological polar surface area (TPSA) is 119 Å². The Morgan fingerprint density at radius 3 is 2.86 bits per heavy atom. The number of benzene rings is 1. The Morgan fingerprint density at radius 1 is 1.24 bits per heavy atom. The Balaban J connectivity index is 1.39. The molecule has 4 N–H and O–H groups in total. The highest BCUT2D eigenvalue weighted by Crippen LogP contribution is 2.26. The van der Waals surface area contributed by atoms with Gasteiger partial charge in [0.2, 0.25) is 5.65 Å². The fourth-order valence-electron chi connectivity index (χ4n) is 3.63. The molecule has 8 nitrogen and oxygen atoms in total. The SMILES string of the molecule is Nc1cc(OCc2ccc(C(=O)NCC3CCCCC3)cc2Cl)c2n[nH]nc2n1. The van der Waals surface area contributed by atoms with Gasteiger partial charge < -0.3 is 15.8 Å². The molecule has 0 spiro atoms. The van der Waals surface area contributed by atoms with Crippen LogP contribution in [-0.4, -0.2) is 32.8 Å². The zero-order valence-corrected chi connectivity index (χ0v) is 16.7. The minimum absolute atomic E-state index is 0.101. The number of nitrogen functional groups attached to an aromatic ring is 1. The summed E-state index contributed by atoms with van der Waals surface area (Å²) < 4.78 is 5.83. The molecule has 1 saturated carbocycles. The van der Waals surface area contributed by atoms with Crippen molar-refractivity contribution in [2.45, 2.75) is 38.7 Å². The number of hydrogen-bond donors (Lipinski definition) is 3. The second-order valence-corrected chi connectivity index (χ2v) is 7.76. The number of carbonyl (C=O) groups excluding carboxylic acids is 1. The fraction of sp³-hybridized carbons (Fsp3) is 0.400. The summed E-state index contributed by atoms with van der Waals surface area (Å²) in [5.74, 6) is 1.23. The average Bonchev–Trinajstić information content (AvgIpc) is 3.20. The minimum atomic E-state index is -0.101. The van der Waals surface area contributed by atoms with Crippen molar-refractivity contribution in [3.63, 3.8) is 0 Å². The molecule has 0 bridgehead atoms. The molecular formula is C20H23ClN6O2. The Hall–Kier alpha value is -2.87. The smallest absolute Gasteiger partial charge is 0.251 e. The molecule has 2 heterocycles. The molecule has 29 heavy (non-hydrogen) atoms. The fourth-order valence-corrected chi connectivity index (χ4v) is 3.86. The number of hydrogen-bond acceptors (Lipinski definition) is 6. The molecule has 1 aliphatic carbocycles. The van der Waals surface area contributed by atoms with Gasteiger partial charge in [-0.1, -0.05) is 36.9 Å². The highest BCUT2D eigenvalue weighted by molar-refractivity contribution is 6.31. The number of amides is 1. The van der Waals surface area contributed by atoms with E-state index in [-0.39, 0.29) is 18.3 Å². The maximum Gasteiger partial charge on any atom is 0.251 e. The first-order chi connectivity index (χ1) is 14.1. The van der Waals surface area contributed by atoms with Gasteiger partial charge in [0.05, 0.1) is 0 Å². The third kappa shape index (κ3) is 4.59. The van der Waals surface area contributed by atoms with E-state index in [1.165, 1.54) is 32.1 Å². The summed E-state index contributed by atoms with van der Waals surface area (Å²) in [6.45, 7) is 0.923. The van der Waals surface area contributed by atoms with Gasteiger partial charge in [0, 0.05) is 28.8 Å².